The first-order chi connectivity index (χ1) is 13.2. The lowest BCUT2D eigenvalue weighted by molar-refractivity contribution is 0.0787. The summed E-state index contributed by atoms with van der Waals surface area (Å²) in [5, 5.41) is 2.09. The van der Waals surface area contributed by atoms with Gasteiger partial charge in [0.25, 0.3) is 5.91 Å². The maximum Gasteiger partial charge on any atom is 0.254 e. The Hall–Kier alpha value is -2.85. The predicted molar refractivity (Wildman–Crippen MR) is 109 cm³/mol. The van der Waals surface area contributed by atoms with Crippen molar-refractivity contribution in [3.63, 3.8) is 0 Å². The molecule has 0 spiro atoms. The van der Waals surface area contributed by atoms with Crippen molar-refractivity contribution in [2.75, 3.05) is 38.3 Å². The number of carbonyl (C=O) groups is 1. The van der Waals surface area contributed by atoms with Crippen molar-refractivity contribution in [3.8, 4) is 0 Å². The molecule has 0 radical (unpaired) electrons. The molecule has 1 heterocycles. The molecule has 1 fully saturated rings. The van der Waals surface area contributed by atoms with Crippen LogP contribution in [0.3, 0.4) is 0 Å². The van der Waals surface area contributed by atoms with Crippen LogP contribution in [0.2, 0.25) is 0 Å². The summed E-state index contributed by atoms with van der Waals surface area (Å²) in [6.45, 7) is 3.85. The summed E-state index contributed by atoms with van der Waals surface area (Å²) in [6.07, 6.45) is 0. The number of nitrogens with zero attached hydrogens (tertiary/aromatic N) is 2. The maximum atomic E-state index is 13.1. The minimum atomic E-state index is 0.0450. The molecule has 1 saturated heterocycles. The molecule has 3 aromatic carbocycles. The van der Waals surface area contributed by atoms with E-state index in [0.717, 1.165) is 48.2 Å². The second-order valence-corrected chi connectivity index (χ2v) is 6.92. The smallest absolute Gasteiger partial charge is 0.254 e. The molecule has 27 heavy (non-hydrogen) atoms. The number of fused-ring (bicyclic) bond motifs is 1. The fraction of sp³-hybridized carbons (Fsp3) is 0.261. The van der Waals surface area contributed by atoms with E-state index in [-0.39, 0.29) is 5.91 Å². The number of ether oxygens (including phenoxy) is 1. The van der Waals surface area contributed by atoms with E-state index < -0.39 is 0 Å². The molecular formula is C23H24N2O2. The molecule has 1 aliphatic heterocycles. The zero-order valence-corrected chi connectivity index (χ0v) is 15.6. The van der Waals surface area contributed by atoms with E-state index in [1.165, 1.54) is 5.69 Å². The van der Waals surface area contributed by atoms with Crippen LogP contribution in [-0.4, -0.2) is 44.2 Å². The van der Waals surface area contributed by atoms with Crippen LogP contribution in [0.1, 0.15) is 15.9 Å². The Balaban J connectivity index is 1.59. The zero-order chi connectivity index (χ0) is 18.6. The molecule has 0 saturated carbocycles. The second-order valence-electron chi connectivity index (χ2n) is 6.92. The SMILES string of the molecule is CN(Cc1ccccc1N1CCOCC1)C(=O)c1cccc2ccccc12. The zero-order valence-electron chi connectivity index (χ0n) is 15.6. The quantitative estimate of drug-likeness (QED) is 0.706. The Bertz CT molecular complexity index is 943. The van der Waals surface area contributed by atoms with Crippen LogP contribution in [0, 0.1) is 0 Å². The number of benzene rings is 3. The van der Waals surface area contributed by atoms with Crippen LogP contribution >= 0.6 is 0 Å². The Morgan fingerprint density at radius 2 is 1.67 bits per heavy atom. The molecule has 0 atom stereocenters. The molecule has 0 bridgehead atoms. The van der Waals surface area contributed by atoms with E-state index in [1.54, 1.807) is 4.90 Å². The molecule has 0 aromatic heterocycles. The highest BCUT2D eigenvalue weighted by atomic mass is 16.5. The summed E-state index contributed by atoms with van der Waals surface area (Å²) >= 11 is 0. The highest BCUT2D eigenvalue weighted by Crippen LogP contribution is 2.24. The number of hydrogen-bond donors (Lipinski definition) is 0. The topological polar surface area (TPSA) is 32.8 Å². The van der Waals surface area contributed by atoms with Crippen molar-refractivity contribution in [1.29, 1.82) is 0 Å². The molecular weight excluding hydrogens is 336 g/mol. The predicted octanol–water partition coefficient (Wildman–Crippen LogP) is 3.95. The molecule has 1 amide bonds. The van der Waals surface area contributed by atoms with Gasteiger partial charge in [0.1, 0.15) is 0 Å². The Morgan fingerprint density at radius 1 is 0.963 bits per heavy atom. The number of hydrogen-bond acceptors (Lipinski definition) is 3. The monoisotopic (exact) mass is 360 g/mol. The normalized spacial score (nSPS) is 14.3. The third kappa shape index (κ3) is 3.67. The van der Waals surface area contributed by atoms with Gasteiger partial charge in [-0.3, -0.25) is 4.79 Å². The van der Waals surface area contributed by atoms with Crippen LogP contribution in [0.5, 0.6) is 0 Å². The number of carbonyl (C=O) groups excluding carboxylic acids is 1. The van der Waals surface area contributed by atoms with Crippen molar-refractivity contribution >= 4 is 22.4 Å². The van der Waals surface area contributed by atoms with Crippen molar-refractivity contribution < 1.29 is 9.53 Å². The lowest BCUT2D eigenvalue weighted by Gasteiger charge is -2.31. The lowest BCUT2D eigenvalue weighted by atomic mass is 10.0. The molecule has 1 aliphatic rings. The second kappa shape index (κ2) is 7.80. The summed E-state index contributed by atoms with van der Waals surface area (Å²) in [4.78, 5) is 17.3. The van der Waals surface area contributed by atoms with Gasteiger partial charge < -0.3 is 14.5 Å². The van der Waals surface area contributed by atoms with Crippen molar-refractivity contribution in [2.45, 2.75) is 6.54 Å². The van der Waals surface area contributed by atoms with Crippen LogP contribution in [-0.2, 0) is 11.3 Å². The van der Waals surface area contributed by atoms with E-state index >= 15 is 0 Å². The van der Waals surface area contributed by atoms with Crippen molar-refractivity contribution in [2.24, 2.45) is 0 Å². The first-order valence-electron chi connectivity index (χ1n) is 9.38. The average molecular weight is 360 g/mol. The number of anilines is 1. The minimum Gasteiger partial charge on any atom is -0.378 e. The molecule has 3 aromatic rings. The van der Waals surface area contributed by atoms with E-state index in [1.807, 2.05) is 55.6 Å². The number of rotatable bonds is 4. The minimum absolute atomic E-state index is 0.0450. The van der Waals surface area contributed by atoms with Gasteiger partial charge in [-0.2, -0.15) is 0 Å². The average Bonchev–Trinajstić information content (AvgIpc) is 2.74. The highest BCUT2D eigenvalue weighted by molar-refractivity contribution is 6.06. The molecule has 0 aliphatic carbocycles. The highest BCUT2D eigenvalue weighted by Gasteiger charge is 2.19. The fourth-order valence-electron chi connectivity index (χ4n) is 3.70. The Labute approximate surface area is 160 Å². The molecule has 0 unspecified atom stereocenters. The molecule has 4 heteroatoms. The van der Waals surface area contributed by atoms with E-state index in [2.05, 4.69) is 23.1 Å². The first-order valence-corrected chi connectivity index (χ1v) is 9.38. The lowest BCUT2D eigenvalue weighted by Crippen LogP contribution is -2.37. The molecule has 0 N–H and O–H groups in total. The number of morpholine rings is 1. The Kier molecular flexibility index (Phi) is 5.07. The number of para-hydroxylation sites is 1. The van der Waals surface area contributed by atoms with Gasteiger partial charge in [0, 0.05) is 37.9 Å². The Morgan fingerprint density at radius 3 is 2.52 bits per heavy atom. The van der Waals surface area contributed by atoms with Gasteiger partial charge >= 0.3 is 0 Å². The summed E-state index contributed by atoms with van der Waals surface area (Å²) in [6, 6.07) is 22.3. The van der Waals surface area contributed by atoms with Crippen molar-refractivity contribution in [1.82, 2.24) is 4.90 Å². The summed E-state index contributed by atoms with van der Waals surface area (Å²) < 4.78 is 5.47. The summed E-state index contributed by atoms with van der Waals surface area (Å²) in [7, 11) is 1.88. The largest absolute Gasteiger partial charge is 0.378 e. The summed E-state index contributed by atoms with van der Waals surface area (Å²) in [5.74, 6) is 0.0450. The van der Waals surface area contributed by atoms with Crippen molar-refractivity contribution in [3.05, 3.63) is 77.9 Å². The third-order valence-electron chi connectivity index (χ3n) is 5.12. The van der Waals surface area contributed by atoms with Crippen LogP contribution in [0.4, 0.5) is 5.69 Å². The van der Waals surface area contributed by atoms with Crippen LogP contribution in [0.25, 0.3) is 10.8 Å². The van der Waals surface area contributed by atoms with Gasteiger partial charge in [0.05, 0.1) is 13.2 Å². The van der Waals surface area contributed by atoms with Crippen LogP contribution in [0.15, 0.2) is 66.7 Å². The van der Waals surface area contributed by atoms with Gasteiger partial charge in [-0.15, -0.1) is 0 Å². The van der Waals surface area contributed by atoms with Gasteiger partial charge in [0.15, 0.2) is 0 Å². The van der Waals surface area contributed by atoms with E-state index in [0.29, 0.717) is 6.54 Å². The molecule has 138 valence electrons. The number of amides is 1. The van der Waals surface area contributed by atoms with Crippen LogP contribution < -0.4 is 4.90 Å². The van der Waals surface area contributed by atoms with Gasteiger partial charge in [-0.05, 0) is 28.5 Å². The summed E-state index contributed by atoms with van der Waals surface area (Å²) in [5.41, 5.74) is 3.10. The van der Waals surface area contributed by atoms with Gasteiger partial charge in [-0.25, -0.2) is 0 Å². The van der Waals surface area contributed by atoms with Gasteiger partial charge in [0.2, 0.25) is 0 Å². The van der Waals surface area contributed by atoms with E-state index in [9.17, 15) is 4.79 Å². The first kappa shape index (κ1) is 17.6. The standard InChI is InChI=1S/C23H24N2O2/c1-24(23(26)21-11-6-9-18-7-2-4-10-20(18)21)17-19-8-3-5-12-22(19)25-13-15-27-16-14-25/h2-12H,13-17H2,1H3. The molecule has 4 nitrogen and oxygen atoms in total. The maximum absolute atomic E-state index is 13.1. The van der Waals surface area contributed by atoms with E-state index in [4.69, 9.17) is 4.74 Å². The fourth-order valence-corrected chi connectivity index (χ4v) is 3.70. The third-order valence-corrected chi connectivity index (χ3v) is 5.12. The van der Waals surface area contributed by atoms with Gasteiger partial charge in [-0.1, -0.05) is 54.6 Å². The molecule has 4 rings (SSSR count).